The van der Waals surface area contributed by atoms with E-state index in [4.69, 9.17) is 11.6 Å². The van der Waals surface area contributed by atoms with Gasteiger partial charge in [-0.2, -0.15) is 10.2 Å². The number of nitriles is 1. The summed E-state index contributed by atoms with van der Waals surface area (Å²) < 4.78 is 0. The van der Waals surface area contributed by atoms with E-state index in [0.29, 0.717) is 33.5 Å². The van der Waals surface area contributed by atoms with Crippen LogP contribution >= 0.6 is 11.6 Å². The SMILES string of the molecule is C=CC(=O)Nc1ccccc1Nc1nc(Nc2ccc(N3CCCC3)cc2C#N)ncc1Cl. The quantitative estimate of drug-likeness (QED) is 0.416. The van der Waals surface area contributed by atoms with Crippen molar-refractivity contribution in [2.45, 2.75) is 12.8 Å². The lowest BCUT2D eigenvalue weighted by atomic mass is 10.1. The van der Waals surface area contributed by atoms with Crippen molar-refractivity contribution in [1.82, 2.24) is 9.97 Å². The van der Waals surface area contributed by atoms with E-state index >= 15 is 0 Å². The number of halogens is 1. The molecule has 0 unspecified atom stereocenters. The minimum absolute atomic E-state index is 0.278. The van der Waals surface area contributed by atoms with Gasteiger partial charge in [0.05, 0.1) is 28.8 Å². The molecule has 4 rings (SSSR count). The molecule has 0 atom stereocenters. The summed E-state index contributed by atoms with van der Waals surface area (Å²) in [6.07, 6.45) is 4.99. The Morgan fingerprint density at radius 2 is 1.88 bits per heavy atom. The number of benzene rings is 2. The van der Waals surface area contributed by atoms with Gasteiger partial charge in [0, 0.05) is 18.8 Å². The largest absolute Gasteiger partial charge is 0.371 e. The molecule has 1 amide bonds. The molecule has 0 aliphatic carbocycles. The molecular weight excluding hydrogens is 438 g/mol. The number of para-hydroxylation sites is 2. The second-order valence-corrected chi connectivity index (χ2v) is 7.82. The van der Waals surface area contributed by atoms with Gasteiger partial charge in [0.1, 0.15) is 11.1 Å². The van der Waals surface area contributed by atoms with E-state index in [1.54, 1.807) is 18.2 Å². The number of hydrogen-bond acceptors (Lipinski definition) is 7. The molecule has 2 aromatic carbocycles. The topological polar surface area (TPSA) is 106 Å². The highest BCUT2D eigenvalue weighted by Gasteiger charge is 2.15. The minimum Gasteiger partial charge on any atom is -0.371 e. The number of amides is 1. The molecule has 3 N–H and O–H groups in total. The number of aromatic nitrogens is 2. The molecular formula is C24H22ClN7O. The fraction of sp³-hybridized carbons (Fsp3) is 0.167. The molecule has 0 spiro atoms. The van der Waals surface area contributed by atoms with E-state index in [9.17, 15) is 10.1 Å². The van der Waals surface area contributed by atoms with Gasteiger partial charge in [-0.25, -0.2) is 4.98 Å². The molecule has 1 aromatic heterocycles. The van der Waals surface area contributed by atoms with Crippen molar-refractivity contribution in [1.29, 1.82) is 5.26 Å². The Bertz CT molecular complexity index is 1230. The zero-order chi connectivity index (χ0) is 23.2. The first-order chi connectivity index (χ1) is 16.1. The smallest absolute Gasteiger partial charge is 0.247 e. The predicted molar refractivity (Wildman–Crippen MR) is 131 cm³/mol. The van der Waals surface area contributed by atoms with E-state index in [2.05, 4.69) is 43.5 Å². The van der Waals surface area contributed by atoms with Gasteiger partial charge in [-0.15, -0.1) is 0 Å². The summed E-state index contributed by atoms with van der Waals surface area (Å²) in [5, 5.41) is 18.9. The zero-order valence-electron chi connectivity index (χ0n) is 17.8. The number of nitrogens with one attached hydrogen (secondary N) is 3. The Morgan fingerprint density at radius 3 is 2.61 bits per heavy atom. The maximum absolute atomic E-state index is 11.7. The Kier molecular flexibility index (Phi) is 6.72. The van der Waals surface area contributed by atoms with E-state index in [1.807, 2.05) is 24.3 Å². The number of anilines is 6. The maximum Gasteiger partial charge on any atom is 0.247 e. The van der Waals surface area contributed by atoms with Crippen LogP contribution in [-0.4, -0.2) is 29.0 Å². The molecule has 0 radical (unpaired) electrons. The summed E-state index contributed by atoms with van der Waals surface area (Å²) in [4.78, 5) is 22.7. The lowest BCUT2D eigenvalue weighted by molar-refractivity contribution is -0.111. The Labute approximate surface area is 196 Å². The van der Waals surface area contributed by atoms with Gasteiger partial charge < -0.3 is 20.9 Å². The summed E-state index contributed by atoms with van der Waals surface area (Å²) >= 11 is 6.31. The summed E-state index contributed by atoms with van der Waals surface area (Å²) in [6.45, 7) is 5.47. The normalized spacial score (nSPS) is 12.7. The van der Waals surface area contributed by atoms with Crippen LogP contribution in [0.15, 0.2) is 61.3 Å². The van der Waals surface area contributed by atoms with Crippen molar-refractivity contribution in [3.05, 3.63) is 71.9 Å². The highest BCUT2D eigenvalue weighted by atomic mass is 35.5. The van der Waals surface area contributed by atoms with Crippen LogP contribution in [0.2, 0.25) is 5.02 Å². The first-order valence-electron chi connectivity index (χ1n) is 10.5. The fourth-order valence-corrected chi connectivity index (χ4v) is 3.69. The van der Waals surface area contributed by atoms with Crippen molar-refractivity contribution < 1.29 is 4.79 Å². The van der Waals surface area contributed by atoms with Crippen LogP contribution in [0.5, 0.6) is 0 Å². The number of carbonyl (C=O) groups excluding carboxylic acids is 1. The molecule has 2 heterocycles. The molecule has 1 aliphatic heterocycles. The van der Waals surface area contributed by atoms with Crippen LogP contribution < -0.4 is 20.9 Å². The molecule has 0 saturated carbocycles. The fourth-order valence-electron chi connectivity index (χ4n) is 3.55. The van der Waals surface area contributed by atoms with Crippen molar-refractivity contribution in [3.8, 4) is 6.07 Å². The molecule has 33 heavy (non-hydrogen) atoms. The molecule has 0 bridgehead atoms. The van der Waals surface area contributed by atoms with Crippen LogP contribution in [-0.2, 0) is 4.79 Å². The minimum atomic E-state index is -0.332. The van der Waals surface area contributed by atoms with Crippen molar-refractivity contribution in [3.63, 3.8) is 0 Å². The molecule has 3 aromatic rings. The van der Waals surface area contributed by atoms with Gasteiger partial charge in [0.15, 0.2) is 5.82 Å². The Hall–Kier alpha value is -4.09. The standard InChI is InChI=1S/C24H22ClN7O/c1-2-22(33)28-20-7-3-4-8-21(20)29-23-18(25)15-27-24(31-23)30-19-10-9-17(13-16(19)14-26)32-11-5-6-12-32/h2-4,7-10,13,15H,1,5-6,11-12H2,(H,28,33)(H2,27,29,30,31). The van der Waals surface area contributed by atoms with Gasteiger partial charge in [0.2, 0.25) is 11.9 Å². The zero-order valence-corrected chi connectivity index (χ0v) is 18.6. The van der Waals surface area contributed by atoms with E-state index in [-0.39, 0.29) is 11.9 Å². The third-order valence-electron chi connectivity index (χ3n) is 5.21. The lowest BCUT2D eigenvalue weighted by Gasteiger charge is -2.19. The Balaban J connectivity index is 1.57. The summed E-state index contributed by atoms with van der Waals surface area (Å²) in [5.74, 6) is 0.295. The van der Waals surface area contributed by atoms with Gasteiger partial charge in [-0.05, 0) is 49.2 Å². The average molecular weight is 460 g/mol. The molecule has 1 saturated heterocycles. The monoisotopic (exact) mass is 459 g/mol. The van der Waals surface area contributed by atoms with Crippen LogP contribution in [0.4, 0.5) is 34.5 Å². The number of carbonyl (C=O) groups is 1. The summed E-state index contributed by atoms with van der Waals surface area (Å²) in [6, 6.07) is 15.1. The first kappa shape index (κ1) is 22.1. The van der Waals surface area contributed by atoms with Gasteiger partial charge in [-0.3, -0.25) is 4.79 Å². The molecule has 9 heteroatoms. The maximum atomic E-state index is 11.7. The molecule has 1 aliphatic rings. The van der Waals surface area contributed by atoms with E-state index < -0.39 is 0 Å². The average Bonchev–Trinajstić information content (AvgIpc) is 3.37. The van der Waals surface area contributed by atoms with Gasteiger partial charge in [-0.1, -0.05) is 30.3 Å². The third kappa shape index (κ3) is 5.22. The van der Waals surface area contributed by atoms with E-state index in [0.717, 1.165) is 31.6 Å². The Morgan fingerprint density at radius 1 is 1.12 bits per heavy atom. The van der Waals surface area contributed by atoms with Crippen molar-refractivity contribution >= 4 is 52.0 Å². The highest BCUT2D eigenvalue weighted by molar-refractivity contribution is 6.33. The van der Waals surface area contributed by atoms with Crippen LogP contribution in [0.1, 0.15) is 18.4 Å². The van der Waals surface area contributed by atoms with Crippen molar-refractivity contribution in [2.24, 2.45) is 0 Å². The first-order valence-corrected chi connectivity index (χ1v) is 10.8. The van der Waals surface area contributed by atoms with E-state index in [1.165, 1.54) is 12.3 Å². The molecule has 8 nitrogen and oxygen atoms in total. The highest BCUT2D eigenvalue weighted by Crippen LogP contribution is 2.31. The second kappa shape index (κ2) is 10.0. The van der Waals surface area contributed by atoms with Crippen molar-refractivity contribution in [2.75, 3.05) is 33.9 Å². The van der Waals surface area contributed by atoms with Gasteiger partial charge in [0.25, 0.3) is 0 Å². The van der Waals surface area contributed by atoms with Crippen LogP contribution in [0.25, 0.3) is 0 Å². The lowest BCUT2D eigenvalue weighted by Crippen LogP contribution is -2.17. The third-order valence-corrected chi connectivity index (χ3v) is 5.49. The predicted octanol–water partition coefficient (Wildman–Crippen LogP) is 5.21. The summed E-state index contributed by atoms with van der Waals surface area (Å²) in [5.41, 5.74) is 3.30. The number of hydrogen-bond donors (Lipinski definition) is 3. The second-order valence-electron chi connectivity index (χ2n) is 7.41. The van der Waals surface area contributed by atoms with Gasteiger partial charge >= 0.3 is 0 Å². The molecule has 1 fully saturated rings. The number of nitrogens with zero attached hydrogens (tertiary/aromatic N) is 4. The number of rotatable bonds is 7. The van der Waals surface area contributed by atoms with Crippen LogP contribution in [0.3, 0.4) is 0 Å². The van der Waals surface area contributed by atoms with Crippen LogP contribution in [0, 0.1) is 11.3 Å². The summed E-state index contributed by atoms with van der Waals surface area (Å²) in [7, 11) is 0. The molecule has 166 valence electrons.